The van der Waals surface area contributed by atoms with Crippen LogP contribution in [0.1, 0.15) is 0 Å². The molecule has 1 heterocycles. The summed E-state index contributed by atoms with van der Waals surface area (Å²) in [6, 6.07) is 4.78. The number of nitrogens with zero attached hydrogens (tertiary/aromatic N) is 1. The van der Waals surface area contributed by atoms with Crippen LogP contribution in [0, 0.1) is 5.41 Å². The number of nitrogens with two attached hydrogens (primary N) is 1. The Labute approximate surface area is 111 Å². The SMILES string of the molecule is CN1C(=O)[C@@H](N)COc2ccc(N/C=C\C=N)cc21. The van der Waals surface area contributed by atoms with Gasteiger partial charge >= 0.3 is 0 Å². The van der Waals surface area contributed by atoms with Crippen LogP contribution in [-0.4, -0.2) is 31.8 Å². The van der Waals surface area contributed by atoms with Crippen molar-refractivity contribution in [1.82, 2.24) is 0 Å². The highest BCUT2D eigenvalue weighted by atomic mass is 16.5. The van der Waals surface area contributed by atoms with Crippen LogP contribution in [0.5, 0.6) is 5.75 Å². The zero-order valence-corrected chi connectivity index (χ0v) is 10.6. The molecule has 0 spiro atoms. The molecular weight excluding hydrogens is 244 g/mol. The Balaban J connectivity index is 2.30. The van der Waals surface area contributed by atoms with E-state index in [-0.39, 0.29) is 12.5 Å². The van der Waals surface area contributed by atoms with Gasteiger partial charge in [-0.3, -0.25) is 4.79 Å². The Morgan fingerprint density at radius 3 is 3.11 bits per heavy atom. The Morgan fingerprint density at radius 2 is 2.37 bits per heavy atom. The number of nitrogens with one attached hydrogen (secondary N) is 2. The number of allylic oxidation sites excluding steroid dienone is 1. The van der Waals surface area contributed by atoms with Crippen LogP contribution in [0.15, 0.2) is 30.5 Å². The molecule has 0 radical (unpaired) electrons. The first-order chi connectivity index (χ1) is 9.13. The summed E-state index contributed by atoms with van der Waals surface area (Å²) in [4.78, 5) is 13.4. The Bertz CT molecular complexity index is 527. The molecule has 0 fully saturated rings. The van der Waals surface area contributed by atoms with E-state index < -0.39 is 6.04 Å². The van der Waals surface area contributed by atoms with Gasteiger partial charge in [-0.1, -0.05) is 0 Å². The van der Waals surface area contributed by atoms with Crippen LogP contribution in [0.2, 0.25) is 0 Å². The van der Waals surface area contributed by atoms with Gasteiger partial charge in [0.2, 0.25) is 5.91 Å². The van der Waals surface area contributed by atoms with Crippen LogP contribution in [-0.2, 0) is 4.79 Å². The molecule has 0 aromatic heterocycles. The monoisotopic (exact) mass is 260 g/mol. The molecule has 1 aromatic rings. The van der Waals surface area contributed by atoms with E-state index in [0.29, 0.717) is 11.4 Å². The fourth-order valence-electron chi connectivity index (χ4n) is 1.80. The summed E-state index contributed by atoms with van der Waals surface area (Å²) in [6.45, 7) is 0.177. The molecule has 6 heteroatoms. The lowest BCUT2D eigenvalue weighted by atomic mass is 10.2. The molecule has 100 valence electrons. The van der Waals surface area contributed by atoms with Gasteiger partial charge in [0.1, 0.15) is 18.4 Å². The molecule has 0 unspecified atom stereocenters. The molecule has 1 atom stereocenters. The molecule has 19 heavy (non-hydrogen) atoms. The highest BCUT2D eigenvalue weighted by molar-refractivity contribution is 5.99. The van der Waals surface area contributed by atoms with E-state index in [9.17, 15) is 4.79 Å². The highest BCUT2D eigenvalue weighted by Crippen LogP contribution is 2.33. The zero-order valence-electron chi connectivity index (χ0n) is 10.6. The Kier molecular flexibility index (Phi) is 3.82. The van der Waals surface area contributed by atoms with E-state index in [1.54, 1.807) is 31.5 Å². The van der Waals surface area contributed by atoms with Crippen LogP contribution in [0.25, 0.3) is 0 Å². The summed E-state index contributed by atoms with van der Waals surface area (Å²) in [5.74, 6) is 0.455. The first-order valence-corrected chi connectivity index (χ1v) is 5.85. The van der Waals surface area contributed by atoms with Crippen molar-refractivity contribution in [2.24, 2.45) is 5.73 Å². The maximum absolute atomic E-state index is 11.9. The number of hydrogen-bond acceptors (Lipinski definition) is 5. The third kappa shape index (κ3) is 2.74. The van der Waals surface area contributed by atoms with Gasteiger partial charge in [-0.15, -0.1) is 0 Å². The minimum Gasteiger partial charge on any atom is -0.489 e. The van der Waals surface area contributed by atoms with Crippen molar-refractivity contribution >= 4 is 23.5 Å². The predicted molar refractivity (Wildman–Crippen MR) is 74.9 cm³/mol. The zero-order chi connectivity index (χ0) is 13.8. The van der Waals surface area contributed by atoms with Crippen molar-refractivity contribution in [3.63, 3.8) is 0 Å². The van der Waals surface area contributed by atoms with E-state index in [2.05, 4.69) is 5.32 Å². The van der Waals surface area contributed by atoms with Crippen LogP contribution in [0.3, 0.4) is 0 Å². The van der Waals surface area contributed by atoms with Gasteiger partial charge in [-0.25, -0.2) is 0 Å². The Hall–Kier alpha value is -2.34. The number of amides is 1. The fraction of sp³-hybridized carbons (Fsp3) is 0.231. The van der Waals surface area contributed by atoms with Crippen LogP contribution in [0.4, 0.5) is 11.4 Å². The summed E-state index contributed by atoms with van der Waals surface area (Å²) in [5, 5.41) is 9.90. The lowest BCUT2D eigenvalue weighted by Gasteiger charge is -2.18. The molecule has 4 N–H and O–H groups in total. The van der Waals surface area contributed by atoms with E-state index in [1.165, 1.54) is 11.1 Å². The summed E-state index contributed by atoms with van der Waals surface area (Å²) in [5.41, 5.74) is 7.19. The smallest absolute Gasteiger partial charge is 0.247 e. The first-order valence-electron chi connectivity index (χ1n) is 5.85. The largest absolute Gasteiger partial charge is 0.489 e. The summed E-state index contributed by atoms with van der Waals surface area (Å²) in [6.07, 6.45) is 4.38. The molecule has 2 rings (SSSR count). The van der Waals surface area contributed by atoms with Crippen molar-refractivity contribution in [3.8, 4) is 5.75 Å². The second kappa shape index (κ2) is 5.53. The number of rotatable bonds is 3. The van der Waals surface area contributed by atoms with Crippen LogP contribution < -0.4 is 20.7 Å². The van der Waals surface area contributed by atoms with E-state index in [4.69, 9.17) is 15.9 Å². The summed E-state index contributed by atoms with van der Waals surface area (Å²) in [7, 11) is 1.67. The molecule has 6 nitrogen and oxygen atoms in total. The molecule has 1 aliphatic heterocycles. The van der Waals surface area contributed by atoms with Crippen molar-refractivity contribution in [2.75, 3.05) is 23.9 Å². The number of hydrogen-bond donors (Lipinski definition) is 3. The number of fused-ring (bicyclic) bond motifs is 1. The number of likely N-dealkylation sites (N-methyl/N-ethyl adjacent to an activating group) is 1. The quantitative estimate of drug-likeness (QED) is 0.705. The highest BCUT2D eigenvalue weighted by Gasteiger charge is 2.26. The molecule has 0 saturated carbocycles. The van der Waals surface area contributed by atoms with E-state index >= 15 is 0 Å². The molecular formula is C13H16N4O2. The number of carbonyl (C=O) groups is 1. The summed E-state index contributed by atoms with van der Waals surface area (Å²) >= 11 is 0. The lowest BCUT2D eigenvalue weighted by molar-refractivity contribution is -0.119. The molecule has 1 amide bonds. The van der Waals surface area contributed by atoms with Gasteiger partial charge in [0.25, 0.3) is 0 Å². The van der Waals surface area contributed by atoms with Gasteiger partial charge < -0.3 is 26.1 Å². The average Bonchev–Trinajstić information content (AvgIpc) is 2.52. The third-order valence-corrected chi connectivity index (χ3v) is 2.83. The average molecular weight is 260 g/mol. The van der Waals surface area contributed by atoms with Gasteiger partial charge in [0.15, 0.2) is 0 Å². The third-order valence-electron chi connectivity index (χ3n) is 2.83. The fourth-order valence-corrected chi connectivity index (χ4v) is 1.80. The van der Waals surface area contributed by atoms with Crippen LogP contribution >= 0.6 is 0 Å². The van der Waals surface area contributed by atoms with Gasteiger partial charge in [0.05, 0.1) is 5.69 Å². The van der Waals surface area contributed by atoms with E-state index in [1.807, 2.05) is 6.07 Å². The predicted octanol–water partition coefficient (Wildman–Crippen LogP) is 0.944. The van der Waals surface area contributed by atoms with Gasteiger partial charge in [0, 0.05) is 25.1 Å². The minimum absolute atomic E-state index is 0.175. The second-order valence-electron chi connectivity index (χ2n) is 4.17. The van der Waals surface area contributed by atoms with Gasteiger partial charge in [-0.2, -0.15) is 0 Å². The Morgan fingerprint density at radius 1 is 1.58 bits per heavy atom. The number of ether oxygens (including phenoxy) is 1. The molecule has 0 bridgehead atoms. The maximum atomic E-state index is 11.9. The molecule has 0 saturated heterocycles. The van der Waals surface area contributed by atoms with Crippen molar-refractivity contribution in [1.29, 1.82) is 5.41 Å². The van der Waals surface area contributed by atoms with Gasteiger partial charge in [-0.05, 0) is 24.3 Å². The standard InChI is InChI=1S/C13H16N4O2/c1-17-11-7-9(16-6-2-5-14)3-4-12(11)19-8-10(15)13(17)18/h2-7,10,14,16H,8,15H2,1H3/b6-2-,14-5?/t10-/m0/s1. The second-order valence-corrected chi connectivity index (χ2v) is 4.17. The number of benzene rings is 1. The topological polar surface area (TPSA) is 91.4 Å². The molecule has 1 aliphatic rings. The van der Waals surface area contributed by atoms with Crippen molar-refractivity contribution < 1.29 is 9.53 Å². The maximum Gasteiger partial charge on any atom is 0.247 e. The minimum atomic E-state index is -0.647. The number of anilines is 2. The van der Waals surface area contributed by atoms with Crippen molar-refractivity contribution in [2.45, 2.75) is 6.04 Å². The number of carbonyl (C=O) groups excluding carboxylic acids is 1. The molecule has 0 aliphatic carbocycles. The lowest BCUT2D eigenvalue weighted by Crippen LogP contribution is -2.43. The van der Waals surface area contributed by atoms with E-state index in [0.717, 1.165) is 5.69 Å². The summed E-state index contributed by atoms with van der Waals surface area (Å²) < 4.78 is 5.51. The molecule has 1 aromatic carbocycles. The first kappa shape index (κ1) is 13.1. The van der Waals surface area contributed by atoms with Crippen molar-refractivity contribution in [3.05, 3.63) is 30.5 Å². The normalized spacial score (nSPS) is 18.7.